The lowest BCUT2D eigenvalue weighted by molar-refractivity contribution is -0.154. The third-order valence-corrected chi connectivity index (χ3v) is 4.95. The standard InChI is InChI=1S/C26H40N2O4/c1-20-12-13-22(21(18-20)10-8-9-11-23(29)31-25(2,3)4)19-27-14-16-28(17-15-27)24(30)32-26(5,6)7/h8,10,12-13,18H,9,11,14-17,19H2,1-7H3/b10-8+. The van der Waals surface area contributed by atoms with Gasteiger partial charge in [-0.15, -0.1) is 0 Å². The number of aryl methyl sites for hydroxylation is 1. The number of amides is 1. The van der Waals surface area contributed by atoms with Gasteiger partial charge in [-0.3, -0.25) is 9.69 Å². The van der Waals surface area contributed by atoms with Gasteiger partial charge >= 0.3 is 12.1 Å². The summed E-state index contributed by atoms with van der Waals surface area (Å²) < 4.78 is 10.9. The van der Waals surface area contributed by atoms with Gasteiger partial charge in [0.2, 0.25) is 0 Å². The van der Waals surface area contributed by atoms with Crippen molar-refractivity contribution >= 4 is 18.1 Å². The van der Waals surface area contributed by atoms with Crippen LogP contribution in [0.3, 0.4) is 0 Å². The number of esters is 1. The molecule has 1 aromatic rings. The van der Waals surface area contributed by atoms with Gasteiger partial charge in [0.1, 0.15) is 11.2 Å². The van der Waals surface area contributed by atoms with Crippen LogP contribution in [0.1, 0.15) is 71.1 Å². The van der Waals surface area contributed by atoms with Gasteiger partial charge in [-0.25, -0.2) is 4.79 Å². The zero-order valence-corrected chi connectivity index (χ0v) is 20.9. The van der Waals surface area contributed by atoms with E-state index in [-0.39, 0.29) is 12.1 Å². The van der Waals surface area contributed by atoms with E-state index in [1.165, 1.54) is 16.7 Å². The van der Waals surface area contributed by atoms with Gasteiger partial charge in [0.05, 0.1) is 0 Å². The molecule has 2 rings (SSSR count). The van der Waals surface area contributed by atoms with Crippen LogP contribution >= 0.6 is 0 Å². The summed E-state index contributed by atoms with van der Waals surface area (Å²) in [6.07, 6.45) is 4.94. The highest BCUT2D eigenvalue weighted by Gasteiger charge is 2.26. The Morgan fingerprint density at radius 3 is 2.19 bits per heavy atom. The number of hydrogen-bond donors (Lipinski definition) is 0. The summed E-state index contributed by atoms with van der Waals surface area (Å²) in [5, 5.41) is 0. The average molecular weight is 445 g/mol. The highest BCUT2D eigenvalue weighted by atomic mass is 16.6. The van der Waals surface area contributed by atoms with Crippen LogP contribution in [0.4, 0.5) is 4.79 Å². The van der Waals surface area contributed by atoms with Crippen molar-refractivity contribution < 1.29 is 19.1 Å². The third kappa shape index (κ3) is 9.43. The maximum atomic E-state index is 12.3. The summed E-state index contributed by atoms with van der Waals surface area (Å²) in [7, 11) is 0. The van der Waals surface area contributed by atoms with Crippen LogP contribution in [0, 0.1) is 6.92 Å². The summed E-state index contributed by atoms with van der Waals surface area (Å²) in [6, 6.07) is 6.48. The average Bonchev–Trinajstić information content (AvgIpc) is 2.65. The van der Waals surface area contributed by atoms with Gasteiger partial charge in [-0.1, -0.05) is 35.9 Å². The Hall–Kier alpha value is -2.34. The van der Waals surface area contributed by atoms with Crippen molar-refractivity contribution in [1.82, 2.24) is 9.80 Å². The first-order chi connectivity index (χ1) is 14.8. The molecule has 1 saturated heterocycles. The molecule has 1 aromatic carbocycles. The Bertz CT molecular complexity index is 810. The summed E-state index contributed by atoms with van der Waals surface area (Å²) in [5.41, 5.74) is 2.70. The molecule has 0 saturated carbocycles. The fraction of sp³-hybridized carbons (Fsp3) is 0.615. The van der Waals surface area contributed by atoms with Gasteiger partial charge in [-0.2, -0.15) is 0 Å². The van der Waals surface area contributed by atoms with E-state index < -0.39 is 11.2 Å². The quantitative estimate of drug-likeness (QED) is 0.566. The number of carbonyl (C=O) groups excluding carboxylic acids is 2. The SMILES string of the molecule is Cc1ccc(CN2CCN(C(=O)OC(C)(C)C)CC2)c(/C=C/CCC(=O)OC(C)(C)C)c1. The monoisotopic (exact) mass is 444 g/mol. The van der Waals surface area contributed by atoms with E-state index in [9.17, 15) is 9.59 Å². The van der Waals surface area contributed by atoms with Gasteiger partial charge < -0.3 is 14.4 Å². The van der Waals surface area contributed by atoms with Crippen molar-refractivity contribution in [1.29, 1.82) is 0 Å². The van der Waals surface area contributed by atoms with Crippen molar-refractivity contribution in [2.75, 3.05) is 26.2 Å². The van der Waals surface area contributed by atoms with E-state index in [1.807, 2.05) is 47.6 Å². The van der Waals surface area contributed by atoms with Crippen LogP contribution in [-0.4, -0.2) is 59.2 Å². The van der Waals surface area contributed by atoms with Crippen LogP contribution in [0.25, 0.3) is 6.08 Å². The lowest BCUT2D eigenvalue weighted by Gasteiger charge is -2.35. The van der Waals surface area contributed by atoms with Crippen molar-refractivity contribution in [3.63, 3.8) is 0 Å². The Morgan fingerprint density at radius 2 is 1.59 bits per heavy atom. The first-order valence-corrected chi connectivity index (χ1v) is 11.5. The van der Waals surface area contributed by atoms with Crippen LogP contribution < -0.4 is 0 Å². The van der Waals surface area contributed by atoms with Crippen LogP contribution in [-0.2, 0) is 20.8 Å². The topological polar surface area (TPSA) is 59.1 Å². The summed E-state index contributed by atoms with van der Waals surface area (Å²) in [4.78, 5) is 28.3. The third-order valence-electron chi connectivity index (χ3n) is 4.95. The number of carbonyl (C=O) groups is 2. The van der Waals surface area contributed by atoms with E-state index in [2.05, 4.69) is 36.1 Å². The number of nitrogens with zero attached hydrogens (tertiary/aromatic N) is 2. The number of allylic oxidation sites excluding steroid dienone is 1. The van der Waals surface area contributed by atoms with Crippen molar-refractivity contribution in [2.45, 2.75) is 79.1 Å². The molecular formula is C26H40N2O4. The van der Waals surface area contributed by atoms with E-state index >= 15 is 0 Å². The second-order valence-corrected chi connectivity index (χ2v) is 10.5. The van der Waals surface area contributed by atoms with E-state index in [4.69, 9.17) is 9.47 Å². The number of ether oxygens (including phenoxy) is 2. The molecule has 0 N–H and O–H groups in total. The number of hydrogen-bond acceptors (Lipinski definition) is 5. The van der Waals surface area contributed by atoms with Crippen LogP contribution in [0.5, 0.6) is 0 Å². The predicted molar refractivity (Wildman–Crippen MR) is 128 cm³/mol. The lowest BCUT2D eigenvalue weighted by Crippen LogP contribution is -2.49. The molecular weight excluding hydrogens is 404 g/mol. The van der Waals surface area contributed by atoms with E-state index in [0.29, 0.717) is 25.9 Å². The molecule has 0 radical (unpaired) electrons. The maximum absolute atomic E-state index is 12.3. The molecule has 0 unspecified atom stereocenters. The first-order valence-electron chi connectivity index (χ1n) is 11.5. The molecule has 32 heavy (non-hydrogen) atoms. The van der Waals surface area contributed by atoms with Gasteiger partial charge in [0, 0.05) is 39.1 Å². The fourth-order valence-corrected chi connectivity index (χ4v) is 3.47. The minimum Gasteiger partial charge on any atom is -0.460 e. The molecule has 1 fully saturated rings. The molecule has 0 aliphatic carbocycles. The van der Waals surface area contributed by atoms with Crippen molar-refractivity contribution in [3.8, 4) is 0 Å². The molecule has 1 amide bonds. The van der Waals surface area contributed by atoms with Gasteiger partial charge in [-0.05, 0) is 66.0 Å². The molecule has 178 valence electrons. The predicted octanol–water partition coefficient (Wildman–Crippen LogP) is 5.18. The Kier molecular flexibility index (Phi) is 8.90. The molecule has 1 aliphatic rings. The highest BCUT2D eigenvalue weighted by molar-refractivity contribution is 5.70. The Morgan fingerprint density at radius 1 is 0.969 bits per heavy atom. The summed E-state index contributed by atoms with van der Waals surface area (Å²) >= 11 is 0. The minimum atomic E-state index is -0.471. The molecule has 1 aliphatic heterocycles. The number of piperazine rings is 1. The smallest absolute Gasteiger partial charge is 0.410 e. The fourth-order valence-electron chi connectivity index (χ4n) is 3.47. The second kappa shape index (κ2) is 11.0. The largest absolute Gasteiger partial charge is 0.460 e. The van der Waals surface area contributed by atoms with E-state index in [0.717, 1.165) is 19.6 Å². The Labute approximate surface area is 193 Å². The van der Waals surface area contributed by atoms with Crippen molar-refractivity contribution in [3.05, 3.63) is 41.0 Å². The molecule has 0 bridgehead atoms. The highest BCUT2D eigenvalue weighted by Crippen LogP contribution is 2.19. The summed E-state index contributed by atoms with van der Waals surface area (Å²) in [6.45, 7) is 17.2. The van der Waals surface area contributed by atoms with Crippen molar-refractivity contribution in [2.24, 2.45) is 0 Å². The normalized spacial score (nSPS) is 15.8. The van der Waals surface area contributed by atoms with Gasteiger partial charge in [0.15, 0.2) is 0 Å². The summed E-state index contributed by atoms with van der Waals surface area (Å²) in [5.74, 6) is -0.172. The Balaban J connectivity index is 1.91. The van der Waals surface area contributed by atoms with E-state index in [1.54, 1.807) is 4.90 Å². The zero-order chi connectivity index (χ0) is 23.9. The van der Waals surface area contributed by atoms with Crippen LogP contribution in [0.2, 0.25) is 0 Å². The van der Waals surface area contributed by atoms with Crippen LogP contribution in [0.15, 0.2) is 24.3 Å². The lowest BCUT2D eigenvalue weighted by atomic mass is 10.0. The zero-order valence-electron chi connectivity index (χ0n) is 20.9. The first kappa shape index (κ1) is 25.9. The maximum Gasteiger partial charge on any atom is 0.410 e. The second-order valence-electron chi connectivity index (χ2n) is 10.5. The molecule has 6 heteroatoms. The number of benzene rings is 1. The molecule has 0 atom stereocenters. The minimum absolute atomic E-state index is 0.172. The number of rotatable bonds is 6. The molecule has 0 spiro atoms. The molecule has 0 aromatic heterocycles. The molecule has 1 heterocycles. The van der Waals surface area contributed by atoms with Gasteiger partial charge in [0.25, 0.3) is 0 Å². The molecule has 6 nitrogen and oxygen atoms in total.